The Labute approximate surface area is 276 Å². The number of amides is 3. The fraction of sp³-hybridized carbons (Fsp3) is 0.893. The molecule has 0 aromatic rings. The van der Waals surface area contributed by atoms with Crippen LogP contribution in [0.1, 0.15) is 20.8 Å². The Balaban J connectivity index is 1.70. The van der Waals surface area contributed by atoms with Crippen LogP contribution in [0.25, 0.3) is 0 Å². The van der Waals surface area contributed by atoms with Crippen LogP contribution in [-0.4, -0.2) is 184 Å². The zero-order valence-electron chi connectivity index (χ0n) is 26.9. The second kappa shape index (κ2) is 18.7. The van der Waals surface area contributed by atoms with Crippen molar-refractivity contribution in [3.8, 4) is 0 Å². The van der Waals surface area contributed by atoms with Crippen LogP contribution in [-0.2, 0) is 43.0 Å². The molecule has 0 aromatic carbocycles. The van der Waals surface area contributed by atoms with E-state index < -0.39 is 129 Å². The first-order valence-corrected chi connectivity index (χ1v) is 15.6. The van der Waals surface area contributed by atoms with Crippen molar-refractivity contribution < 1.29 is 84.0 Å². The van der Waals surface area contributed by atoms with Gasteiger partial charge in [-0.25, -0.2) is 4.89 Å². The number of carbonyl (C=O) groups is 3. The normalized spacial score (nSPS) is 40.2. The van der Waals surface area contributed by atoms with Crippen LogP contribution >= 0.6 is 0 Å². The van der Waals surface area contributed by atoms with Crippen molar-refractivity contribution in [3.63, 3.8) is 0 Å². The first kappa shape index (κ1) is 40.3. The van der Waals surface area contributed by atoms with Crippen LogP contribution in [0.2, 0.25) is 0 Å². The first-order chi connectivity index (χ1) is 22.8. The molecular weight excluding hydrogens is 650 g/mol. The van der Waals surface area contributed by atoms with Gasteiger partial charge in [0.15, 0.2) is 6.29 Å². The van der Waals surface area contributed by atoms with Crippen LogP contribution < -0.4 is 16.0 Å². The monoisotopic (exact) mass is 699 g/mol. The molecule has 0 radical (unpaired) electrons. The van der Waals surface area contributed by atoms with Gasteiger partial charge in [-0.15, -0.1) is 0 Å². The smallest absolute Gasteiger partial charge is 0.217 e. The maximum Gasteiger partial charge on any atom is 0.217 e. The van der Waals surface area contributed by atoms with Crippen molar-refractivity contribution in [2.45, 2.75) is 100 Å². The summed E-state index contributed by atoms with van der Waals surface area (Å²) in [4.78, 5) is 40.2. The lowest BCUT2D eigenvalue weighted by Crippen LogP contribution is -2.65. The molecule has 20 nitrogen and oxygen atoms in total. The summed E-state index contributed by atoms with van der Waals surface area (Å²) in [5.74, 6) is -3.44. The van der Waals surface area contributed by atoms with Crippen molar-refractivity contribution in [2.75, 3.05) is 46.2 Å². The van der Waals surface area contributed by atoms with Gasteiger partial charge in [-0.05, 0) is 0 Å². The maximum absolute atomic E-state index is 12.2. The fourth-order valence-electron chi connectivity index (χ4n) is 6.36. The third-order valence-electron chi connectivity index (χ3n) is 8.71. The largest absolute Gasteiger partial charge is 0.394 e. The van der Waals surface area contributed by atoms with Gasteiger partial charge in [-0.3, -0.25) is 19.6 Å². The van der Waals surface area contributed by atoms with Crippen molar-refractivity contribution in [1.82, 2.24) is 16.0 Å². The highest BCUT2D eigenvalue weighted by atomic mass is 17.1. The van der Waals surface area contributed by atoms with Crippen molar-refractivity contribution >= 4 is 17.7 Å². The maximum atomic E-state index is 12.2. The molecule has 0 saturated carbocycles. The summed E-state index contributed by atoms with van der Waals surface area (Å²) in [5.41, 5.74) is 0. The highest BCUT2D eigenvalue weighted by Crippen LogP contribution is 2.31. The van der Waals surface area contributed by atoms with Gasteiger partial charge >= 0.3 is 0 Å². The molecule has 0 aromatic heterocycles. The van der Waals surface area contributed by atoms with Gasteiger partial charge in [0.2, 0.25) is 17.7 Å². The summed E-state index contributed by atoms with van der Waals surface area (Å²) in [6.07, 6.45) is -12.6. The van der Waals surface area contributed by atoms with E-state index in [4.69, 9.17) is 28.6 Å². The molecule has 278 valence electrons. The second-order valence-electron chi connectivity index (χ2n) is 12.2. The number of rotatable bonds is 15. The summed E-state index contributed by atoms with van der Waals surface area (Å²) in [6, 6.07) is -3.39. The molecule has 3 aliphatic heterocycles. The molecule has 3 heterocycles. The van der Waals surface area contributed by atoms with Crippen LogP contribution in [0.5, 0.6) is 0 Å². The SMILES string of the molecule is CC(=O)NC1[C@H](COC[C@H]2C(CO)O[C@@H](COC[C@@H]3C(CO)O[C@@H](O)C(NC(C)=O)[C@H]3O)C(NC(C)=O)[C@H]2OO)OC(CO)[C@@H](O)[C@@H]1O. The molecule has 0 aliphatic carbocycles. The standard InChI is InChI=1S/C28H49N3O17/c1-11(35)29-21-19(46-18(6-34)25(39)26(21)40)9-44-8-15-17(5-33)45-20(22(27(15)48-42)30-12(2)36)10-43-7-14-16(4-32)47-28(41)23(24(14)38)31-13(3)37/h14-28,32-34,38-42H,4-10H2,1-3H3,(H,29,35)(H,30,36)(H,31,37)/t14-,15+,16?,17?,18?,19+,20+,21?,22?,23?,24+,25-,26-,27+,28-/m1/s1. The number of aliphatic hydroxyl groups excluding tert-OH is 7. The van der Waals surface area contributed by atoms with Crippen LogP contribution in [0.4, 0.5) is 0 Å². The van der Waals surface area contributed by atoms with Crippen molar-refractivity contribution in [1.29, 1.82) is 0 Å². The Kier molecular flexibility index (Phi) is 15.7. The summed E-state index contributed by atoms with van der Waals surface area (Å²) >= 11 is 0. The van der Waals surface area contributed by atoms with Gasteiger partial charge in [0.1, 0.15) is 42.7 Å². The molecular formula is C28H49N3O17. The topological polar surface area (TPSA) is 305 Å². The highest BCUT2D eigenvalue weighted by Gasteiger charge is 2.50. The third kappa shape index (κ3) is 9.97. The molecule has 0 bridgehead atoms. The molecule has 3 saturated heterocycles. The van der Waals surface area contributed by atoms with E-state index in [-0.39, 0.29) is 26.4 Å². The predicted octanol–water partition coefficient (Wildman–Crippen LogP) is -6.06. The zero-order chi connectivity index (χ0) is 35.7. The number of aliphatic hydroxyl groups is 7. The number of hydrogen-bond donors (Lipinski definition) is 11. The lowest BCUT2D eigenvalue weighted by Gasteiger charge is -2.46. The quantitative estimate of drug-likeness (QED) is 0.0560. The second-order valence-corrected chi connectivity index (χ2v) is 12.2. The molecule has 0 spiro atoms. The number of carbonyl (C=O) groups excluding carboxylic acids is 3. The van der Waals surface area contributed by atoms with Gasteiger partial charge in [-0.1, -0.05) is 0 Å². The van der Waals surface area contributed by atoms with Gasteiger partial charge < -0.3 is 75.4 Å². The van der Waals surface area contributed by atoms with E-state index in [1.54, 1.807) is 0 Å². The summed E-state index contributed by atoms with van der Waals surface area (Å²) in [7, 11) is 0. The predicted molar refractivity (Wildman–Crippen MR) is 156 cm³/mol. The summed E-state index contributed by atoms with van der Waals surface area (Å²) in [6.45, 7) is 0.674. The van der Waals surface area contributed by atoms with Gasteiger partial charge in [-0.2, -0.15) is 0 Å². The molecule has 3 amide bonds. The summed E-state index contributed by atoms with van der Waals surface area (Å²) < 4.78 is 28.6. The van der Waals surface area contributed by atoms with Gasteiger partial charge in [0, 0.05) is 32.6 Å². The van der Waals surface area contributed by atoms with Gasteiger partial charge in [0.25, 0.3) is 0 Å². The van der Waals surface area contributed by atoms with E-state index in [9.17, 15) is 55.4 Å². The van der Waals surface area contributed by atoms with E-state index in [1.807, 2.05) is 0 Å². The minimum absolute atomic E-state index is 0.269. The molecule has 48 heavy (non-hydrogen) atoms. The van der Waals surface area contributed by atoms with Gasteiger partial charge in [0.05, 0.1) is 76.6 Å². The Bertz CT molecular complexity index is 1040. The fourth-order valence-corrected chi connectivity index (χ4v) is 6.36. The Morgan fingerprint density at radius 2 is 1.02 bits per heavy atom. The van der Waals surface area contributed by atoms with E-state index >= 15 is 0 Å². The van der Waals surface area contributed by atoms with E-state index in [1.165, 1.54) is 20.8 Å². The van der Waals surface area contributed by atoms with E-state index in [0.29, 0.717) is 0 Å². The first-order valence-electron chi connectivity index (χ1n) is 15.6. The summed E-state index contributed by atoms with van der Waals surface area (Å²) in [5, 5.41) is 88.8. The Hall–Kier alpha value is -2.15. The average molecular weight is 700 g/mol. The molecule has 3 rings (SSSR count). The van der Waals surface area contributed by atoms with Crippen LogP contribution in [0.3, 0.4) is 0 Å². The average Bonchev–Trinajstić information content (AvgIpc) is 3.03. The highest BCUT2D eigenvalue weighted by molar-refractivity contribution is 5.74. The lowest BCUT2D eigenvalue weighted by atomic mass is 9.85. The van der Waals surface area contributed by atoms with Crippen molar-refractivity contribution in [2.24, 2.45) is 11.8 Å². The molecule has 3 aliphatic rings. The molecule has 15 atom stereocenters. The lowest BCUT2D eigenvalue weighted by molar-refractivity contribution is -0.332. The minimum atomic E-state index is -1.59. The van der Waals surface area contributed by atoms with E-state index in [0.717, 1.165) is 0 Å². The Morgan fingerprint density at radius 3 is 1.54 bits per heavy atom. The Morgan fingerprint density at radius 1 is 0.562 bits per heavy atom. The van der Waals surface area contributed by atoms with Crippen LogP contribution in [0.15, 0.2) is 0 Å². The number of hydrogen-bond acceptors (Lipinski definition) is 17. The van der Waals surface area contributed by atoms with Crippen molar-refractivity contribution in [3.05, 3.63) is 0 Å². The molecule has 6 unspecified atom stereocenters. The van der Waals surface area contributed by atoms with Crippen LogP contribution in [0, 0.1) is 11.8 Å². The minimum Gasteiger partial charge on any atom is -0.394 e. The molecule has 11 N–H and O–H groups in total. The number of ether oxygens (including phenoxy) is 5. The molecule has 20 heteroatoms. The van der Waals surface area contributed by atoms with E-state index in [2.05, 4.69) is 16.0 Å². The molecule has 3 fully saturated rings. The third-order valence-corrected chi connectivity index (χ3v) is 8.71. The zero-order valence-corrected chi connectivity index (χ0v) is 26.9. The number of nitrogens with one attached hydrogen (secondary N) is 3.